The Morgan fingerprint density at radius 1 is 1.27 bits per heavy atom. The minimum absolute atomic E-state index is 0.522. The Kier molecular flexibility index (Phi) is 3.08. The topological polar surface area (TPSA) is 69.6 Å². The van der Waals surface area contributed by atoms with Crippen molar-refractivity contribution in [3.63, 3.8) is 0 Å². The first-order valence-electron chi connectivity index (χ1n) is 4.53. The maximum Gasteiger partial charge on any atom is 0.182 e. The zero-order valence-electron chi connectivity index (χ0n) is 7.97. The first-order valence-corrected chi connectivity index (χ1v) is 5.33. The minimum Gasteiger partial charge on any atom is -0.329 e. The van der Waals surface area contributed by atoms with Crippen molar-refractivity contribution in [2.24, 2.45) is 5.73 Å². The van der Waals surface area contributed by atoms with Crippen molar-refractivity contribution in [3.8, 4) is 11.4 Å². The minimum atomic E-state index is 0.522. The van der Waals surface area contributed by atoms with Crippen LogP contribution in [0.3, 0.4) is 0 Å². The molecular formula is C9H10BrN5. The lowest BCUT2D eigenvalue weighted by molar-refractivity contribution is 0.603. The second-order valence-electron chi connectivity index (χ2n) is 3.02. The SMILES string of the molecule is NCCn1nnnc1-c1ccc(Br)cc1. The summed E-state index contributed by atoms with van der Waals surface area (Å²) < 4.78 is 2.73. The molecule has 2 aromatic rings. The third-order valence-corrected chi connectivity index (χ3v) is 2.50. The van der Waals surface area contributed by atoms with E-state index in [9.17, 15) is 0 Å². The van der Waals surface area contributed by atoms with E-state index in [2.05, 4.69) is 31.5 Å². The van der Waals surface area contributed by atoms with E-state index in [1.54, 1.807) is 4.68 Å². The summed E-state index contributed by atoms with van der Waals surface area (Å²) in [6.07, 6.45) is 0. The standard InChI is InChI=1S/C9H10BrN5/c10-8-3-1-7(2-4-8)9-12-13-14-15(9)6-5-11/h1-4H,5-6,11H2. The van der Waals surface area contributed by atoms with Crippen molar-refractivity contribution in [2.75, 3.05) is 6.54 Å². The van der Waals surface area contributed by atoms with E-state index in [0.29, 0.717) is 13.1 Å². The number of nitrogens with zero attached hydrogens (tertiary/aromatic N) is 4. The van der Waals surface area contributed by atoms with Gasteiger partial charge in [0.1, 0.15) is 0 Å². The first-order chi connectivity index (χ1) is 7.31. The Bertz CT molecular complexity index is 436. The van der Waals surface area contributed by atoms with Gasteiger partial charge in [0.15, 0.2) is 5.82 Å². The lowest BCUT2D eigenvalue weighted by Crippen LogP contribution is -2.12. The molecule has 5 nitrogen and oxygen atoms in total. The molecule has 2 N–H and O–H groups in total. The second kappa shape index (κ2) is 4.50. The van der Waals surface area contributed by atoms with Gasteiger partial charge in [-0.2, -0.15) is 0 Å². The molecule has 6 heteroatoms. The van der Waals surface area contributed by atoms with E-state index >= 15 is 0 Å². The average Bonchev–Trinajstić information content (AvgIpc) is 2.68. The molecule has 0 bridgehead atoms. The molecule has 0 atom stereocenters. The fourth-order valence-electron chi connectivity index (χ4n) is 1.28. The van der Waals surface area contributed by atoms with Gasteiger partial charge in [-0.05, 0) is 22.6 Å². The Hall–Kier alpha value is -1.27. The van der Waals surface area contributed by atoms with Gasteiger partial charge >= 0.3 is 0 Å². The molecule has 0 radical (unpaired) electrons. The fraction of sp³-hybridized carbons (Fsp3) is 0.222. The van der Waals surface area contributed by atoms with Crippen LogP contribution in [-0.2, 0) is 6.54 Å². The first kappa shape index (κ1) is 10.3. The van der Waals surface area contributed by atoms with Crippen LogP contribution < -0.4 is 5.73 Å². The molecule has 0 amide bonds. The van der Waals surface area contributed by atoms with Crippen molar-refractivity contribution in [3.05, 3.63) is 28.7 Å². The molecule has 0 saturated heterocycles. The van der Waals surface area contributed by atoms with Crippen LogP contribution in [0.2, 0.25) is 0 Å². The number of halogens is 1. The van der Waals surface area contributed by atoms with E-state index in [1.165, 1.54) is 0 Å². The van der Waals surface area contributed by atoms with Crippen LogP contribution >= 0.6 is 15.9 Å². The zero-order valence-corrected chi connectivity index (χ0v) is 9.55. The number of tetrazole rings is 1. The van der Waals surface area contributed by atoms with Gasteiger partial charge in [0.2, 0.25) is 0 Å². The lowest BCUT2D eigenvalue weighted by atomic mass is 10.2. The Morgan fingerprint density at radius 2 is 2.00 bits per heavy atom. The summed E-state index contributed by atoms with van der Waals surface area (Å²) >= 11 is 3.38. The van der Waals surface area contributed by atoms with Crippen molar-refractivity contribution in [1.29, 1.82) is 0 Å². The number of nitrogens with two attached hydrogens (primary N) is 1. The largest absolute Gasteiger partial charge is 0.329 e. The molecule has 0 unspecified atom stereocenters. The average molecular weight is 268 g/mol. The van der Waals surface area contributed by atoms with Crippen molar-refractivity contribution < 1.29 is 0 Å². The van der Waals surface area contributed by atoms with E-state index < -0.39 is 0 Å². The van der Waals surface area contributed by atoms with Crippen LogP contribution in [0.5, 0.6) is 0 Å². The molecule has 0 fully saturated rings. The summed E-state index contributed by atoms with van der Waals surface area (Å²) in [5.74, 6) is 0.743. The molecule has 2 rings (SSSR count). The maximum atomic E-state index is 5.47. The highest BCUT2D eigenvalue weighted by atomic mass is 79.9. The molecule has 0 aliphatic heterocycles. The van der Waals surface area contributed by atoms with Crippen LogP contribution in [-0.4, -0.2) is 26.8 Å². The molecular weight excluding hydrogens is 258 g/mol. The van der Waals surface area contributed by atoms with E-state index in [4.69, 9.17) is 5.73 Å². The molecule has 0 aliphatic rings. The summed E-state index contributed by atoms with van der Waals surface area (Å²) in [6, 6.07) is 7.83. The van der Waals surface area contributed by atoms with Gasteiger partial charge in [-0.1, -0.05) is 28.1 Å². The molecule has 1 aromatic heterocycles. The van der Waals surface area contributed by atoms with Crippen LogP contribution in [0.15, 0.2) is 28.7 Å². The fourth-order valence-corrected chi connectivity index (χ4v) is 1.55. The van der Waals surface area contributed by atoms with Crippen molar-refractivity contribution in [2.45, 2.75) is 6.54 Å². The Morgan fingerprint density at radius 3 is 2.67 bits per heavy atom. The van der Waals surface area contributed by atoms with Crippen LogP contribution in [0, 0.1) is 0 Å². The number of hydrogen-bond donors (Lipinski definition) is 1. The molecule has 78 valence electrons. The third kappa shape index (κ3) is 2.21. The predicted molar refractivity (Wildman–Crippen MR) is 60.0 cm³/mol. The highest BCUT2D eigenvalue weighted by Crippen LogP contribution is 2.18. The molecule has 0 aliphatic carbocycles. The number of aromatic nitrogens is 4. The maximum absolute atomic E-state index is 5.47. The molecule has 1 heterocycles. The second-order valence-corrected chi connectivity index (χ2v) is 3.94. The highest BCUT2D eigenvalue weighted by Gasteiger charge is 2.07. The van der Waals surface area contributed by atoms with Crippen LogP contribution in [0.25, 0.3) is 11.4 Å². The van der Waals surface area contributed by atoms with E-state index in [0.717, 1.165) is 15.9 Å². The zero-order chi connectivity index (χ0) is 10.7. The van der Waals surface area contributed by atoms with Gasteiger partial charge in [-0.15, -0.1) is 5.10 Å². The molecule has 15 heavy (non-hydrogen) atoms. The monoisotopic (exact) mass is 267 g/mol. The summed E-state index contributed by atoms with van der Waals surface area (Å²) in [4.78, 5) is 0. The van der Waals surface area contributed by atoms with E-state index in [-0.39, 0.29) is 0 Å². The van der Waals surface area contributed by atoms with E-state index in [1.807, 2.05) is 24.3 Å². The molecule has 0 saturated carbocycles. The smallest absolute Gasteiger partial charge is 0.182 e. The normalized spacial score (nSPS) is 10.5. The highest BCUT2D eigenvalue weighted by molar-refractivity contribution is 9.10. The summed E-state index contributed by atoms with van der Waals surface area (Å²) in [5, 5.41) is 11.5. The van der Waals surface area contributed by atoms with Gasteiger partial charge in [0, 0.05) is 16.6 Å². The quantitative estimate of drug-likeness (QED) is 0.903. The van der Waals surface area contributed by atoms with Crippen LogP contribution in [0.1, 0.15) is 0 Å². The van der Waals surface area contributed by atoms with Gasteiger partial charge in [-0.3, -0.25) is 0 Å². The number of benzene rings is 1. The third-order valence-electron chi connectivity index (χ3n) is 1.98. The molecule has 1 aromatic carbocycles. The summed E-state index contributed by atoms with van der Waals surface area (Å²) in [5.41, 5.74) is 6.45. The Labute approximate surface area is 95.4 Å². The van der Waals surface area contributed by atoms with Gasteiger partial charge in [0.05, 0.1) is 6.54 Å². The Balaban J connectivity index is 2.36. The van der Waals surface area contributed by atoms with Crippen molar-refractivity contribution in [1.82, 2.24) is 20.2 Å². The predicted octanol–water partition coefficient (Wildman–Crippen LogP) is 1.06. The number of hydrogen-bond acceptors (Lipinski definition) is 4. The van der Waals surface area contributed by atoms with Gasteiger partial charge in [0.25, 0.3) is 0 Å². The van der Waals surface area contributed by atoms with Crippen molar-refractivity contribution >= 4 is 15.9 Å². The summed E-state index contributed by atoms with van der Waals surface area (Å²) in [7, 11) is 0. The summed E-state index contributed by atoms with van der Waals surface area (Å²) in [6.45, 7) is 1.15. The lowest BCUT2D eigenvalue weighted by Gasteiger charge is -2.02. The van der Waals surface area contributed by atoms with Crippen LogP contribution in [0.4, 0.5) is 0 Å². The van der Waals surface area contributed by atoms with Gasteiger partial charge < -0.3 is 5.73 Å². The van der Waals surface area contributed by atoms with Gasteiger partial charge in [-0.25, -0.2) is 4.68 Å². The number of rotatable bonds is 3. The molecule has 0 spiro atoms.